The van der Waals surface area contributed by atoms with Gasteiger partial charge in [-0.05, 0) is 51.8 Å². The standard InChI is InChI=1S/C17H9Br2NO2S2/c18-11-5-3-4-10(8-11)9-14-16(22)20(17(23)24-14)15(21)12-6-1-2-7-13(12)19/h1-9H. The second kappa shape index (κ2) is 7.31. The van der Waals surface area contributed by atoms with Gasteiger partial charge in [0.25, 0.3) is 11.8 Å². The number of hydrogen-bond donors (Lipinski definition) is 0. The van der Waals surface area contributed by atoms with Crippen LogP contribution in [0, 0.1) is 0 Å². The summed E-state index contributed by atoms with van der Waals surface area (Å²) < 4.78 is 1.78. The van der Waals surface area contributed by atoms with Crippen molar-refractivity contribution in [3.05, 3.63) is 73.5 Å². The van der Waals surface area contributed by atoms with Crippen molar-refractivity contribution in [2.45, 2.75) is 0 Å². The highest BCUT2D eigenvalue weighted by atomic mass is 79.9. The van der Waals surface area contributed by atoms with E-state index in [2.05, 4.69) is 31.9 Å². The molecule has 1 fully saturated rings. The maximum absolute atomic E-state index is 12.7. The van der Waals surface area contributed by atoms with Crippen LogP contribution in [0.3, 0.4) is 0 Å². The Morgan fingerprint density at radius 2 is 1.88 bits per heavy atom. The van der Waals surface area contributed by atoms with E-state index in [1.165, 1.54) is 0 Å². The van der Waals surface area contributed by atoms with Crippen LogP contribution in [-0.2, 0) is 4.79 Å². The van der Waals surface area contributed by atoms with Gasteiger partial charge in [0.15, 0.2) is 4.32 Å². The molecule has 0 radical (unpaired) electrons. The van der Waals surface area contributed by atoms with Crippen LogP contribution in [-0.4, -0.2) is 21.0 Å². The molecular formula is C17H9Br2NO2S2. The van der Waals surface area contributed by atoms with Gasteiger partial charge in [0.1, 0.15) is 0 Å². The van der Waals surface area contributed by atoms with E-state index in [1.807, 2.05) is 24.3 Å². The fraction of sp³-hybridized carbons (Fsp3) is 0. The van der Waals surface area contributed by atoms with Crippen LogP contribution in [0.25, 0.3) is 6.08 Å². The smallest absolute Gasteiger partial charge is 0.268 e. The molecule has 0 aromatic heterocycles. The Morgan fingerprint density at radius 1 is 1.12 bits per heavy atom. The maximum Gasteiger partial charge on any atom is 0.273 e. The molecule has 7 heteroatoms. The van der Waals surface area contributed by atoms with Gasteiger partial charge < -0.3 is 0 Å². The Balaban J connectivity index is 1.92. The minimum atomic E-state index is -0.428. The van der Waals surface area contributed by atoms with Gasteiger partial charge in [-0.1, -0.05) is 64.2 Å². The van der Waals surface area contributed by atoms with Gasteiger partial charge in [0, 0.05) is 8.95 Å². The van der Waals surface area contributed by atoms with Crippen LogP contribution < -0.4 is 0 Å². The molecule has 0 atom stereocenters. The van der Waals surface area contributed by atoms with E-state index in [4.69, 9.17) is 12.2 Å². The Hall–Kier alpha value is -1.28. The van der Waals surface area contributed by atoms with Crippen molar-refractivity contribution in [3.63, 3.8) is 0 Å². The number of rotatable bonds is 2. The van der Waals surface area contributed by atoms with Crippen LogP contribution in [0.15, 0.2) is 62.4 Å². The van der Waals surface area contributed by atoms with Crippen molar-refractivity contribution in [1.82, 2.24) is 4.90 Å². The SMILES string of the molecule is O=C1C(=Cc2cccc(Br)c2)SC(=S)N1C(=O)c1ccccc1Br. The third-order valence-electron chi connectivity index (χ3n) is 3.25. The van der Waals surface area contributed by atoms with E-state index in [1.54, 1.807) is 30.3 Å². The summed E-state index contributed by atoms with van der Waals surface area (Å²) in [6.45, 7) is 0. The summed E-state index contributed by atoms with van der Waals surface area (Å²) in [5.74, 6) is -0.826. The quantitative estimate of drug-likeness (QED) is 0.332. The Labute approximate surface area is 165 Å². The van der Waals surface area contributed by atoms with Crippen LogP contribution in [0.4, 0.5) is 0 Å². The first-order valence-corrected chi connectivity index (χ1v) is 9.61. The number of benzene rings is 2. The van der Waals surface area contributed by atoms with Crippen LogP contribution in [0.2, 0.25) is 0 Å². The van der Waals surface area contributed by atoms with Crippen molar-refractivity contribution >= 4 is 78.1 Å². The van der Waals surface area contributed by atoms with Crippen molar-refractivity contribution < 1.29 is 9.59 Å². The van der Waals surface area contributed by atoms with Gasteiger partial charge in [0.05, 0.1) is 10.5 Å². The molecule has 2 aromatic carbocycles. The molecular weight excluding hydrogens is 474 g/mol. The average Bonchev–Trinajstić information content (AvgIpc) is 2.81. The largest absolute Gasteiger partial charge is 0.273 e. The third-order valence-corrected chi connectivity index (χ3v) is 5.73. The maximum atomic E-state index is 12.7. The van der Waals surface area contributed by atoms with E-state index >= 15 is 0 Å². The second-order valence-corrected chi connectivity index (χ2v) is 8.30. The molecule has 24 heavy (non-hydrogen) atoms. The molecule has 120 valence electrons. The van der Waals surface area contributed by atoms with Gasteiger partial charge in [-0.25, -0.2) is 4.90 Å². The predicted octanol–water partition coefficient (Wildman–Crippen LogP) is 5.25. The van der Waals surface area contributed by atoms with Crippen molar-refractivity contribution in [1.29, 1.82) is 0 Å². The summed E-state index contributed by atoms with van der Waals surface area (Å²) in [4.78, 5) is 26.8. The predicted molar refractivity (Wildman–Crippen MR) is 108 cm³/mol. The van der Waals surface area contributed by atoms with Gasteiger partial charge >= 0.3 is 0 Å². The summed E-state index contributed by atoms with van der Waals surface area (Å²) in [6, 6.07) is 14.5. The molecule has 0 aliphatic carbocycles. The third kappa shape index (κ3) is 3.54. The number of thiocarbonyl (C=S) groups is 1. The number of nitrogens with zero attached hydrogens (tertiary/aromatic N) is 1. The molecule has 0 unspecified atom stereocenters. The first-order chi connectivity index (χ1) is 11.5. The van der Waals surface area contributed by atoms with E-state index in [9.17, 15) is 9.59 Å². The number of carbonyl (C=O) groups excluding carboxylic acids is 2. The van der Waals surface area contributed by atoms with E-state index in [0.29, 0.717) is 14.9 Å². The Morgan fingerprint density at radius 3 is 2.58 bits per heavy atom. The van der Waals surface area contributed by atoms with Crippen LogP contribution in [0.5, 0.6) is 0 Å². The van der Waals surface area contributed by atoms with Crippen molar-refractivity contribution in [3.8, 4) is 0 Å². The lowest BCUT2D eigenvalue weighted by Gasteiger charge is -2.13. The fourth-order valence-corrected chi connectivity index (χ4v) is 4.27. The number of thioether (sulfide) groups is 1. The fourth-order valence-electron chi connectivity index (χ4n) is 2.15. The van der Waals surface area contributed by atoms with Crippen LogP contribution >= 0.6 is 55.8 Å². The molecule has 0 N–H and O–H groups in total. The number of halogens is 2. The number of hydrogen-bond acceptors (Lipinski definition) is 4. The lowest BCUT2D eigenvalue weighted by atomic mass is 10.2. The highest BCUT2D eigenvalue weighted by Crippen LogP contribution is 2.34. The molecule has 3 rings (SSSR count). The molecule has 2 amide bonds. The second-order valence-electron chi connectivity index (χ2n) is 4.86. The summed E-state index contributed by atoms with van der Waals surface area (Å²) in [5, 5.41) is 0. The number of amides is 2. The summed E-state index contributed by atoms with van der Waals surface area (Å²) in [6.07, 6.45) is 1.73. The van der Waals surface area contributed by atoms with E-state index in [-0.39, 0.29) is 4.32 Å². The number of imide groups is 1. The highest BCUT2D eigenvalue weighted by molar-refractivity contribution is 9.10. The molecule has 3 nitrogen and oxygen atoms in total. The van der Waals surface area contributed by atoms with E-state index < -0.39 is 11.8 Å². The van der Waals surface area contributed by atoms with E-state index in [0.717, 1.165) is 26.7 Å². The summed E-state index contributed by atoms with van der Waals surface area (Å²) in [5.41, 5.74) is 1.26. The zero-order chi connectivity index (χ0) is 17.3. The summed E-state index contributed by atoms with van der Waals surface area (Å²) in [7, 11) is 0. The topological polar surface area (TPSA) is 37.4 Å². The Kier molecular flexibility index (Phi) is 5.34. The monoisotopic (exact) mass is 481 g/mol. The van der Waals surface area contributed by atoms with Gasteiger partial charge in [-0.15, -0.1) is 0 Å². The Bertz CT molecular complexity index is 896. The lowest BCUT2D eigenvalue weighted by molar-refractivity contribution is -0.120. The molecule has 1 saturated heterocycles. The van der Waals surface area contributed by atoms with Crippen LogP contribution in [0.1, 0.15) is 15.9 Å². The first-order valence-electron chi connectivity index (χ1n) is 6.80. The van der Waals surface area contributed by atoms with Crippen molar-refractivity contribution in [2.24, 2.45) is 0 Å². The molecule has 0 spiro atoms. The number of carbonyl (C=O) groups is 2. The normalized spacial score (nSPS) is 16.1. The molecule has 0 bridgehead atoms. The first kappa shape index (κ1) is 17.5. The summed E-state index contributed by atoms with van der Waals surface area (Å²) >= 11 is 13.1. The van der Waals surface area contributed by atoms with Crippen molar-refractivity contribution in [2.75, 3.05) is 0 Å². The molecule has 1 heterocycles. The highest BCUT2D eigenvalue weighted by Gasteiger charge is 2.37. The lowest BCUT2D eigenvalue weighted by Crippen LogP contribution is -2.34. The average molecular weight is 483 g/mol. The minimum absolute atomic E-state index is 0.238. The zero-order valence-corrected chi connectivity index (χ0v) is 16.8. The minimum Gasteiger partial charge on any atom is -0.268 e. The zero-order valence-electron chi connectivity index (χ0n) is 12.0. The van der Waals surface area contributed by atoms with Gasteiger partial charge in [0.2, 0.25) is 0 Å². The van der Waals surface area contributed by atoms with Gasteiger partial charge in [-0.2, -0.15) is 0 Å². The molecule has 0 saturated carbocycles. The molecule has 2 aromatic rings. The molecule has 1 aliphatic heterocycles. The van der Waals surface area contributed by atoms with Gasteiger partial charge in [-0.3, -0.25) is 9.59 Å². The molecule has 1 aliphatic rings.